The fourth-order valence-corrected chi connectivity index (χ4v) is 8.07. The summed E-state index contributed by atoms with van der Waals surface area (Å²) in [5, 5.41) is 26.3. The third-order valence-corrected chi connectivity index (χ3v) is 10.3. The Hall–Kier alpha value is -4.02. The average molecular weight is 595 g/mol. The zero-order valence-electron chi connectivity index (χ0n) is 23.0. The summed E-state index contributed by atoms with van der Waals surface area (Å²) in [4.78, 5) is 25.5. The van der Waals surface area contributed by atoms with E-state index >= 15 is 0 Å². The van der Waals surface area contributed by atoms with E-state index in [0.29, 0.717) is 23.1 Å². The van der Waals surface area contributed by atoms with Crippen LogP contribution in [0.15, 0.2) is 60.7 Å². The summed E-state index contributed by atoms with van der Waals surface area (Å²) in [5.74, 6) is 0.373. The Morgan fingerprint density at radius 1 is 0.690 bits per heavy atom. The number of carbonyl (C=O) groups excluding carboxylic acids is 2. The molecule has 1 fully saturated rings. The monoisotopic (exact) mass is 594 g/mol. The van der Waals surface area contributed by atoms with Gasteiger partial charge in [-0.05, 0) is 65.5 Å². The Kier molecular flexibility index (Phi) is 7.48. The lowest BCUT2D eigenvalue weighted by Gasteiger charge is -2.25. The number of allylic oxidation sites excluding steroid dienone is 2. The van der Waals surface area contributed by atoms with Crippen LogP contribution in [-0.4, -0.2) is 32.2 Å². The molecule has 0 bridgehead atoms. The lowest BCUT2D eigenvalue weighted by Crippen LogP contribution is -2.13. The van der Waals surface area contributed by atoms with E-state index in [0.717, 1.165) is 70.8 Å². The zero-order valence-corrected chi connectivity index (χ0v) is 24.6. The molecule has 212 valence electrons. The number of carbonyl (C=O) groups is 2. The first-order valence-electron chi connectivity index (χ1n) is 14.4. The van der Waals surface area contributed by atoms with E-state index in [9.17, 15) is 9.59 Å². The number of amides is 2. The molecule has 7 rings (SSSR count). The molecule has 3 aliphatic carbocycles. The van der Waals surface area contributed by atoms with Gasteiger partial charge in [-0.25, -0.2) is 0 Å². The number of benzene rings is 2. The van der Waals surface area contributed by atoms with Crippen LogP contribution >= 0.6 is 22.7 Å². The van der Waals surface area contributed by atoms with Crippen molar-refractivity contribution in [2.24, 2.45) is 0 Å². The normalized spacial score (nSPS) is 19.0. The second-order valence-corrected chi connectivity index (χ2v) is 13.1. The second kappa shape index (κ2) is 11.7. The van der Waals surface area contributed by atoms with Gasteiger partial charge < -0.3 is 10.6 Å². The van der Waals surface area contributed by atoms with Crippen molar-refractivity contribution < 1.29 is 9.59 Å². The van der Waals surface area contributed by atoms with Gasteiger partial charge in [-0.2, -0.15) is 0 Å². The topological polar surface area (TPSA) is 110 Å². The Morgan fingerprint density at radius 3 is 1.67 bits per heavy atom. The van der Waals surface area contributed by atoms with Gasteiger partial charge in [-0.3, -0.25) is 9.59 Å². The van der Waals surface area contributed by atoms with Crippen LogP contribution in [0, 0.1) is 0 Å². The summed E-state index contributed by atoms with van der Waals surface area (Å²) in [5.41, 5.74) is 6.99. The molecule has 4 aromatic rings. The van der Waals surface area contributed by atoms with E-state index in [1.165, 1.54) is 33.8 Å². The van der Waals surface area contributed by atoms with Gasteiger partial charge in [0, 0.05) is 11.8 Å². The first-order valence-corrected chi connectivity index (χ1v) is 16.0. The Bertz CT molecular complexity index is 1600. The highest BCUT2D eigenvalue weighted by molar-refractivity contribution is 7.15. The van der Waals surface area contributed by atoms with Crippen molar-refractivity contribution in [3.63, 3.8) is 0 Å². The van der Waals surface area contributed by atoms with Crippen molar-refractivity contribution in [1.82, 2.24) is 20.4 Å². The Balaban J connectivity index is 0.931. The summed E-state index contributed by atoms with van der Waals surface area (Å²) >= 11 is 2.93. The predicted molar refractivity (Wildman–Crippen MR) is 167 cm³/mol. The highest BCUT2D eigenvalue weighted by Gasteiger charge is 2.30. The fraction of sp³-hybridized carbons (Fsp3) is 0.312. The highest BCUT2D eigenvalue weighted by Crippen LogP contribution is 2.43. The summed E-state index contributed by atoms with van der Waals surface area (Å²) in [6.07, 6.45) is 10.7. The van der Waals surface area contributed by atoms with E-state index < -0.39 is 0 Å². The maximum Gasteiger partial charge on any atom is 0.230 e. The van der Waals surface area contributed by atoms with Gasteiger partial charge in [0.25, 0.3) is 0 Å². The molecule has 8 nitrogen and oxygen atoms in total. The van der Waals surface area contributed by atoms with Crippen molar-refractivity contribution in [3.8, 4) is 0 Å². The predicted octanol–water partition coefficient (Wildman–Crippen LogP) is 6.77. The number of fused-ring (bicyclic) bond motifs is 2. The van der Waals surface area contributed by atoms with Crippen molar-refractivity contribution >= 4 is 55.9 Å². The minimum Gasteiger partial charge on any atom is -0.300 e. The molecule has 42 heavy (non-hydrogen) atoms. The molecule has 1 saturated carbocycles. The molecule has 0 aliphatic heterocycles. The molecule has 2 aromatic heterocycles. The van der Waals surface area contributed by atoms with Gasteiger partial charge in [-0.15, -0.1) is 20.4 Å². The molecule has 0 unspecified atom stereocenters. The summed E-state index contributed by atoms with van der Waals surface area (Å²) in [7, 11) is 0. The van der Waals surface area contributed by atoms with Crippen molar-refractivity contribution in [2.75, 3.05) is 10.6 Å². The first kappa shape index (κ1) is 26.9. The van der Waals surface area contributed by atoms with Crippen LogP contribution in [0.3, 0.4) is 0 Å². The van der Waals surface area contributed by atoms with Gasteiger partial charge in [0.1, 0.15) is 10.0 Å². The molecule has 0 saturated heterocycles. The van der Waals surface area contributed by atoms with E-state index in [4.69, 9.17) is 0 Å². The molecule has 2 atom stereocenters. The van der Waals surface area contributed by atoms with Crippen LogP contribution in [0.2, 0.25) is 0 Å². The number of nitrogens with zero attached hydrogens (tertiary/aromatic N) is 4. The van der Waals surface area contributed by atoms with Crippen molar-refractivity contribution in [1.29, 1.82) is 0 Å². The maximum absolute atomic E-state index is 12.8. The highest BCUT2D eigenvalue weighted by atomic mass is 32.1. The van der Waals surface area contributed by atoms with Crippen LogP contribution in [-0.2, 0) is 22.4 Å². The zero-order chi connectivity index (χ0) is 28.5. The van der Waals surface area contributed by atoms with Gasteiger partial charge in [0.2, 0.25) is 22.1 Å². The molecule has 3 aliphatic rings. The number of hydrogen-bond acceptors (Lipinski definition) is 8. The number of aromatic nitrogens is 4. The number of hydrogen-bond donors (Lipinski definition) is 2. The third-order valence-electron chi connectivity index (χ3n) is 8.31. The van der Waals surface area contributed by atoms with Crippen LogP contribution in [0.4, 0.5) is 10.3 Å². The van der Waals surface area contributed by atoms with Gasteiger partial charge in [0.05, 0.1) is 12.8 Å². The standard InChI is InChI=1S/C32H30N6O2S2/c39-27(17-21-14-12-19-6-1-3-10-25(19)21)33-31-37-35-29(41-31)23-8-5-9-24(16-23)30-36-38-32(42-30)34-28(40)18-22-15-13-20-7-2-4-11-26(20)22/h1-4,6-7,10-11,14-15,23-24H,5,8-9,12-13,16-18H2,(H,33,37,39)(H,34,38,40)/t23-,24-/m0/s1. The van der Waals surface area contributed by atoms with Crippen LogP contribution in [0.1, 0.15) is 82.6 Å². The minimum atomic E-state index is -0.0703. The summed E-state index contributed by atoms with van der Waals surface area (Å²) in [6.45, 7) is 0. The maximum atomic E-state index is 12.8. The summed E-state index contributed by atoms with van der Waals surface area (Å²) < 4.78 is 0. The molecule has 10 heteroatoms. The number of anilines is 2. The molecular formula is C32H30N6O2S2. The Labute approximate surface area is 252 Å². The number of rotatable bonds is 8. The molecular weight excluding hydrogens is 565 g/mol. The molecule has 0 spiro atoms. The second-order valence-electron chi connectivity index (χ2n) is 11.1. The molecule has 2 amide bonds. The van der Waals surface area contributed by atoms with Crippen LogP contribution in [0.25, 0.3) is 11.1 Å². The molecule has 2 N–H and O–H groups in total. The largest absolute Gasteiger partial charge is 0.300 e. The van der Waals surface area contributed by atoms with E-state index in [1.807, 2.05) is 24.3 Å². The molecule has 0 radical (unpaired) electrons. The van der Waals surface area contributed by atoms with E-state index in [1.54, 1.807) is 0 Å². The average Bonchev–Trinajstić information content (AvgIpc) is 3.82. The molecule has 2 heterocycles. The van der Waals surface area contributed by atoms with Gasteiger partial charge in [-0.1, -0.05) is 89.8 Å². The van der Waals surface area contributed by atoms with Gasteiger partial charge >= 0.3 is 0 Å². The lowest BCUT2D eigenvalue weighted by atomic mass is 9.82. The van der Waals surface area contributed by atoms with Crippen LogP contribution in [0.5, 0.6) is 0 Å². The van der Waals surface area contributed by atoms with E-state index in [-0.39, 0.29) is 23.7 Å². The molecule has 2 aromatic carbocycles. The first-order chi connectivity index (χ1) is 20.6. The van der Waals surface area contributed by atoms with Crippen molar-refractivity contribution in [3.05, 3.63) is 93.0 Å². The SMILES string of the molecule is O=C(CC1=CCc2ccccc21)Nc1nnc([C@H]2CCC[C@H](c3nnc(NC(=O)CC4=CCc5ccccc54)s3)C2)s1. The van der Waals surface area contributed by atoms with E-state index in [2.05, 4.69) is 67.4 Å². The van der Waals surface area contributed by atoms with Crippen molar-refractivity contribution in [2.45, 2.75) is 63.2 Å². The smallest absolute Gasteiger partial charge is 0.230 e. The minimum absolute atomic E-state index is 0.0703. The number of nitrogens with one attached hydrogen (secondary N) is 2. The van der Waals surface area contributed by atoms with Gasteiger partial charge in [0.15, 0.2) is 0 Å². The fourth-order valence-electron chi connectivity index (χ4n) is 6.26. The lowest BCUT2D eigenvalue weighted by molar-refractivity contribution is -0.116. The quantitative estimate of drug-likeness (QED) is 0.233. The summed E-state index contributed by atoms with van der Waals surface area (Å²) in [6, 6.07) is 16.5. The van der Waals surface area contributed by atoms with Crippen LogP contribution < -0.4 is 10.6 Å². The third kappa shape index (κ3) is 5.69. The Morgan fingerprint density at radius 2 is 1.17 bits per heavy atom.